The molecule has 1 heterocycles. The Kier molecular flexibility index (Phi) is 11.1. The van der Waals surface area contributed by atoms with E-state index in [1.165, 1.54) is 16.7 Å². The fourth-order valence-corrected chi connectivity index (χ4v) is 3.66. The molecule has 0 saturated heterocycles. The number of hydrogen-bond acceptors (Lipinski definition) is 3. The summed E-state index contributed by atoms with van der Waals surface area (Å²) in [6.07, 6.45) is 3.31. The number of aliphatic imine (C=N–C) groups is 1. The lowest BCUT2D eigenvalue weighted by Crippen LogP contribution is -1.95. The van der Waals surface area contributed by atoms with Crippen LogP contribution in [-0.2, 0) is 6.42 Å². The van der Waals surface area contributed by atoms with Crippen LogP contribution >= 0.6 is 0 Å². The molecular formula is C33H41N3. The van der Waals surface area contributed by atoms with Gasteiger partial charge in [0, 0.05) is 22.2 Å². The molecule has 0 amide bonds. The first kappa shape index (κ1) is 28.5. The van der Waals surface area contributed by atoms with E-state index in [-0.39, 0.29) is 0 Å². The van der Waals surface area contributed by atoms with Gasteiger partial charge in [0.05, 0.1) is 16.7 Å². The molecule has 188 valence electrons. The van der Waals surface area contributed by atoms with Gasteiger partial charge in [-0.05, 0) is 88.4 Å². The molecule has 0 bridgehead atoms. The van der Waals surface area contributed by atoms with Crippen molar-refractivity contribution in [2.45, 2.75) is 60.8 Å². The van der Waals surface area contributed by atoms with Crippen LogP contribution in [0.15, 0.2) is 96.0 Å². The van der Waals surface area contributed by atoms with E-state index in [2.05, 4.69) is 63.4 Å². The Bertz CT molecular complexity index is 1340. The largest absolute Gasteiger partial charge is 0.399 e. The standard InChI is InChI=1S/C27H27N3.C4H8.C2H6/c1-18(2)5-4-6-20-7-9-21(10-8-20)19(3)29-25-14-12-23-15-22-11-13-24(28)16-26(22)30-27(23)17-25;1-4(2)3;1-2/h7-17H,1,4-6,28H2,2-3H3;1H2,2-3H3;1-2H3. The number of aryl methyl sites for hydroxylation is 1. The minimum atomic E-state index is 0.724. The summed E-state index contributed by atoms with van der Waals surface area (Å²) in [5, 5.41) is 2.19. The molecule has 3 nitrogen and oxygen atoms in total. The Balaban J connectivity index is 0.000000694. The lowest BCUT2D eigenvalue weighted by atomic mass is 10.0. The molecule has 3 aromatic carbocycles. The topological polar surface area (TPSA) is 51.3 Å². The van der Waals surface area contributed by atoms with Crippen molar-refractivity contribution in [3.8, 4) is 0 Å². The summed E-state index contributed by atoms with van der Waals surface area (Å²) in [5.74, 6) is 0. The van der Waals surface area contributed by atoms with Crippen LogP contribution in [0.1, 0.15) is 65.5 Å². The molecule has 0 aliphatic rings. The molecule has 0 radical (unpaired) electrons. The summed E-state index contributed by atoms with van der Waals surface area (Å²) in [5.41, 5.74) is 15.3. The molecule has 0 atom stereocenters. The molecule has 0 unspecified atom stereocenters. The summed E-state index contributed by atoms with van der Waals surface area (Å²) in [6, 6.07) is 22.8. The van der Waals surface area contributed by atoms with E-state index >= 15 is 0 Å². The fourth-order valence-electron chi connectivity index (χ4n) is 3.66. The first-order valence-corrected chi connectivity index (χ1v) is 12.7. The Hall–Kier alpha value is -3.72. The third-order valence-electron chi connectivity index (χ3n) is 5.36. The van der Waals surface area contributed by atoms with E-state index < -0.39 is 0 Å². The number of allylic oxidation sites excluding steroid dienone is 2. The van der Waals surface area contributed by atoms with Crippen LogP contribution in [0.3, 0.4) is 0 Å². The maximum atomic E-state index is 5.91. The predicted molar refractivity (Wildman–Crippen MR) is 162 cm³/mol. The van der Waals surface area contributed by atoms with Gasteiger partial charge in [-0.1, -0.05) is 61.4 Å². The first-order valence-electron chi connectivity index (χ1n) is 12.7. The quantitative estimate of drug-likeness (QED) is 0.129. The van der Waals surface area contributed by atoms with Crippen molar-refractivity contribution >= 4 is 38.9 Å². The number of fused-ring (bicyclic) bond motifs is 2. The second-order valence-electron chi connectivity index (χ2n) is 9.23. The van der Waals surface area contributed by atoms with Crippen LogP contribution in [0.25, 0.3) is 21.8 Å². The number of nitrogen functional groups attached to an aromatic ring is 1. The van der Waals surface area contributed by atoms with Crippen molar-refractivity contribution in [1.82, 2.24) is 4.98 Å². The van der Waals surface area contributed by atoms with E-state index in [1.54, 1.807) is 0 Å². The zero-order chi connectivity index (χ0) is 26.7. The SMILES string of the molecule is C=C(C)C.C=C(C)CCCc1ccc(C(C)=Nc2ccc3cc4ccc(N)cc4nc3c2)cc1.CC. The van der Waals surface area contributed by atoms with Gasteiger partial charge in [0.2, 0.25) is 0 Å². The second kappa shape index (κ2) is 14.0. The molecule has 36 heavy (non-hydrogen) atoms. The van der Waals surface area contributed by atoms with E-state index in [9.17, 15) is 0 Å². The van der Waals surface area contributed by atoms with E-state index in [0.717, 1.165) is 63.7 Å². The van der Waals surface area contributed by atoms with Gasteiger partial charge in [0.15, 0.2) is 0 Å². The highest BCUT2D eigenvalue weighted by Gasteiger charge is 2.04. The van der Waals surface area contributed by atoms with Gasteiger partial charge >= 0.3 is 0 Å². The minimum absolute atomic E-state index is 0.724. The minimum Gasteiger partial charge on any atom is -0.399 e. The van der Waals surface area contributed by atoms with Crippen LogP contribution in [0.4, 0.5) is 11.4 Å². The van der Waals surface area contributed by atoms with E-state index in [1.807, 2.05) is 58.0 Å². The van der Waals surface area contributed by atoms with Crippen LogP contribution in [0.5, 0.6) is 0 Å². The molecule has 0 spiro atoms. The molecule has 0 fully saturated rings. The first-order chi connectivity index (χ1) is 17.2. The molecule has 3 heteroatoms. The van der Waals surface area contributed by atoms with Crippen molar-refractivity contribution in [2.24, 2.45) is 4.99 Å². The molecule has 1 aromatic heterocycles. The molecular weight excluding hydrogens is 438 g/mol. The maximum Gasteiger partial charge on any atom is 0.0731 e. The van der Waals surface area contributed by atoms with Gasteiger partial charge < -0.3 is 5.73 Å². The number of rotatable bonds is 6. The maximum absolute atomic E-state index is 5.91. The zero-order valence-corrected chi connectivity index (χ0v) is 22.9. The molecule has 4 rings (SSSR count). The van der Waals surface area contributed by atoms with Crippen LogP contribution in [-0.4, -0.2) is 10.7 Å². The number of aromatic nitrogens is 1. The number of nitrogens with zero attached hydrogens (tertiary/aromatic N) is 2. The smallest absolute Gasteiger partial charge is 0.0731 e. The van der Waals surface area contributed by atoms with Crippen LogP contribution < -0.4 is 5.73 Å². The molecule has 0 aliphatic carbocycles. The summed E-state index contributed by atoms with van der Waals surface area (Å²) in [4.78, 5) is 9.61. The Morgan fingerprint density at radius 1 is 0.806 bits per heavy atom. The van der Waals surface area contributed by atoms with Crippen molar-refractivity contribution in [2.75, 3.05) is 5.73 Å². The number of benzene rings is 3. The average molecular weight is 480 g/mol. The number of pyridine rings is 1. The van der Waals surface area contributed by atoms with Crippen LogP contribution in [0, 0.1) is 0 Å². The van der Waals surface area contributed by atoms with E-state index in [4.69, 9.17) is 15.7 Å². The van der Waals surface area contributed by atoms with Crippen molar-refractivity contribution in [1.29, 1.82) is 0 Å². The van der Waals surface area contributed by atoms with Gasteiger partial charge in [0.25, 0.3) is 0 Å². The summed E-state index contributed by atoms with van der Waals surface area (Å²) in [7, 11) is 0. The zero-order valence-electron chi connectivity index (χ0n) is 22.9. The molecule has 2 N–H and O–H groups in total. The van der Waals surface area contributed by atoms with E-state index in [0.29, 0.717) is 0 Å². The number of anilines is 1. The highest BCUT2D eigenvalue weighted by Crippen LogP contribution is 2.25. The normalized spacial score (nSPS) is 10.8. The predicted octanol–water partition coefficient (Wildman–Crippen LogP) is 9.62. The van der Waals surface area contributed by atoms with Gasteiger partial charge in [-0.3, -0.25) is 4.99 Å². The lowest BCUT2D eigenvalue weighted by Gasteiger charge is -2.06. The Morgan fingerprint density at radius 3 is 2.00 bits per heavy atom. The summed E-state index contributed by atoms with van der Waals surface area (Å²) >= 11 is 0. The highest BCUT2D eigenvalue weighted by molar-refractivity contribution is 6.01. The highest BCUT2D eigenvalue weighted by atomic mass is 14.8. The second-order valence-corrected chi connectivity index (χ2v) is 9.23. The van der Waals surface area contributed by atoms with Gasteiger partial charge in [-0.2, -0.15) is 0 Å². The summed E-state index contributed by atoms with van der Waals surface area (Å²) < 4.78 is 0. The lowest BCUT2D eigenvalue weighted by molar-refractivity contribution is 0.814. The summed E-state index contributed by atoms with van der Waals surface area (Å²) in [6.45, 7) is 19.6. The van der Waals surface area contributed by atoms with Crippen molar-refractivity contribution in [3.63, 3.8) is 0 Å². The molecule has 0 saturated carbocycles. The average Bonchev–Trinajstić information content (AvgIpc) is 2.84. The fraction of sp³-hybridized carbons (Fsp3) is 0.273. The third-order valence-corrected chi connectivity index (χ3v) is 5.36. The van der Waals surface area contributed by atoms with Gasteiger partial charge in [0.1, 0.15) is 0 Å². The van der Waals surface area contributed by atoms with Gasteiger partial charge in [-0.15, -0.1) is 13.2 Å². The number of nitrogens with two attached hydrogens (primary N) is 1. The molecule has 4 aromatic rings. The molecule has 0 aliphatic heterocycles. The Morgan fingerprint density at radius 2 is 1.39 bits per heavy atom. The van der Waals surface area contributed by atoms with Gasteiger partial charge in [-0.25, -0.2) is 4.98 Å². The van der Waals surface area contributed by atoms with Crippen molar-refractivity contribution in [3.05, 3.63) is 102 Å². The third kappa shape index (κ3) is 8.81. The number of hydrogen-bond donors (Lipinski definition) is 1. The monoisotopic (exact) mass is 479 g/mol. The van der Waals surface area contributed by atoms with Crippen LogP contribution in [0.2, 0.25) is 0 Å². The van der Waals surface area contributed by atoms with Crippen molar-refractivity contribution < 1.29 is 0 Å². The Labute approximate surface area is 217 Å².